The molecule has 10 nitrogen and oxygen atoms in total. The molecular formula is C48H83O10P. The van der Waals surface area contributed by atoms with Crippen LogP contribution in [0.4, 0.5) is 0 Å². The van der Waals surface area contributed by atoms with Crippen LogP contribution in [0, 0.1) is 0 Å². The number of aliphatic hydroxyl groups is 2. The van der Waals surface area contributed by atoms with Crippen LogP contribution >= 0.6 is 7.82 Å². The van der Waals surface area contributed by atoms with Crippen LogP contribution in [0.5, 0.6) is 0 Å². The second-order valence-corrected chi connectivity index (χ2v) is 16.5. The van der Waals surface area contributed by atoms with Gasteiger partial charge in [-0.25, -0.2) is 4.57 Å². The Morgan fingerprint density at radius 1 is 0.508 bits per heavy atom. The molecule has 1 unspecified atom stereocenters. The zero-order valence-corrected chi connectivity index (χ0v) is 37.8. The second kappa shape index (κ2) is 43.5. The van der Waals surface area contributed by atoms with Gasteiger partial charge in [0.15, 0.2) is 6.10 Å². The highest BCUT2D eigenvalue weighted by molar-refractivity contribution is 7.47. The van der Waals surface area contributed by atoms with Crippen molar-refractivity contribution in [2.75, 3.05) is 26.4 Å². The van der Waals surface area contributed by atoms with Gasteiger partial charge in [0.25, 0.3) is 0 Å². The maximum Gasteiger partial charge on any atom is 0.472 e. The van der Waals surface area contributed by atoms with Crippen molar-refractivity contribution in [3.8, 4) is 0 Å². The maximum absolute atomic E-state index is 12.6. The number of allylic oxidation sites excluding steroid dienone is 12. The van der Waals surface area contributed by atoms with Crippen LogP contribution in [0.2, 0.25) is 0 Å². The topological polar surface area (TPSA) is 149 Å². The van der Waals surface area contributed by atoms with E-state index in [1.54, 1.807) is 0 Å². The van der Waals surface area contributed by atoms with Crippen LogP contribution in [0.15, 0.2) is 72.9 Å². The van der Waals surface area contributed by atoms with Crippen LogP contribution in [-0.2, 0) is 32.7 Å². The minimum atomic E-state index is -4.64. The molecule has 0 saturated heterocycles. The maximum atomic E-state index is 12.6. The van der Waals surface area contributed by atoms with E-state index in [9.17, 15) is 24.2 Å². The number of phosphoric ester groups is 1. The standard InChI is InChI=1S/C48H83O10P/c1-3-5-7-9-11-13-15-17-19-21-22-24-25-27-29-31-33-35-37-39-47(51)55-43-46(44-57-59(53,54)56-42-45(50)41-49)58-48(52)40-38-36-34-32-30-28-26-23-20-18-16-14-12-10-8-6-4-2/h11-14,17-20,26,28,32,34,45-46,49-50H,3-10,15-16,21-25,27,29-31,33,35-44H2,1-2H3,(H,53,54)/b13-11+,14-12+,19-17+,20-18+,28-26+,34-32+/t45-,46+/m0/s1. The van der Waals surface area contributed by atoms with Crippen molar-refractivity contribution in [1.82, 2.24) is 0 Å². The molecular weight excluding hydrogens is 767 g/mol. The van der Waals surface area contributed by atoms with Crippen molar-refractivity contribution in [2.24, 2.45) is 0 Å². The summed E-state index contributed by atoms with van der Waals surface area (Å²) in [6.45, 7) is 2.26. The third kappa shape index (κ3) is 43.3. The molecule has 340 valence electrons. The minimum Gasteiger partial charge on any atom is -0.462 e. The van der Waals surface area contributed by atoms with E-state index in [1.165, 1.54) is 77.0 Å². The highest BCUT2D eigenvalue weighted by atomic mass is 31.2. The van der Waals surface area contributed by atoms with Gasteiger partial charge in [0.05, 0.1) is 19.8 Å². The molecule has 0 radical (unpaired) electrons. The lowest BCUT2D eigenvalue weighted by Crippen LogP contribution is -2.29. The fraction of sp³-hybridized carbons (Fsp3) is 0.708. The zero-order valence-electron chi connectivity index (χ0n) is 36.9. The van der Waals surface area contributed by atoms with Crippen LogP contribution in [0.1, 0.15) is 181 Å². The van der Waals surface area contributed by atoms with E-state index in [1.807, 2.05) is 12.2 Å². The summed E-state index contributed by atoms with van der Waals surface area (Å²) in [4.78, 5) is 35.0. The molecule has 0 aliphatic rings. The third-order valence-corrected chi connectivity index (χ3v) is 10.3. The normalized spacial score (nSPS) is 14.5. The number of rotatable bonds is 42. The summed E-state index contributed by atoms with van der Waals surface area (Å²) in [5.41, 5.74) is 0. The molecule has 0 saturated carbocycles. The monoisotopic (exact) mass is 851 g/mol. The summed E-state index contributed by atoms with van der Waals surface area (Å²) in [5, 5.41) is 18.3. The molecule has 3 atom stereocenters. The molecule has 0 spiro atoms. The van der Waals surface area contributed by atoms with Gasteiger partial charge in [0, 0.05) is 12.8 Å². The summed E-state index contributed by atoms with van der Waals surface area (Å²) < 4.78 is 32.7. The minimum absolute atomic E-state index is 0.104. The Labute approximate surface area is 358 Å². The van der Waals surface area contributed by atoms with Gasteiger partial charge in [-0.3, -0.25) is 18.6 Å². The number of aliphatic hydroxyl groups excluding tert-OH is 2. The van der Waals surface area contributed by atoms with E-state index >= 15 is 0 Å². The summed E-state index contributed by atoms with van der Waals surface area (Å²) in [5.74, 6) is -0.999. The lowest BCUT2D eigenvalue weighted by atomic mass is 10.1. The van der Waals surface area contributed by atoms with Gasteiger partial charge in [0.2, 0.25) is 0 Å². The number of phosphoric acid groups is 1. The van der Waals surface area contributed by atoms with Crippen molar-refractivity contribution < 1.29 is 47.8 Å². The third-order valence-electron chi connectivity index (χ3n) is 9.33. The number of carbonyl (C=O) groups is 2. The van der Waals surface area contributed by atoms with Gasteiger partial charge in [-0.15, -0.1) is 0 Å². The fourth-order valence-corrected chi connectivity index (χ4v) is 6.57. The fourth-order valence-electron chi connectivity index (χ4n) is 5.78. The first-order valence-corrected chi connectivity index (χ1v) is 24.4. The molecule has 0 aliphatic heterocycles. The highest BCUT2D eigenvalue weighted by Crippen LogP contribution is 2.43. The number of unbranched alkanes of at least 4 members (excludes halogenated alkanes) is 16. The van der Waals surface area contributed by atoms with Gasteiger partial charge >= 0.3 is 19.8 Å². The van der Waals surface area contributed by atoms with E-state index in [0.29, 0.717) is 19.3 Å². The van der Waals surface area contributed by atoms with E-state index in [-0.39, 0.29) is 19.4 Å². The molecule has 0 heterocycles. The molecule has 11 heteroatoms. The van der Waals surface area contributed by atoms with Crippen LogP contribution in [0.25, 0.3) is 0 Å². The average molecular weight is 851 g/mol. The molecule has 0 aromatic rings. The molecule has 3 N–H and O–H groups in total. The Balaban J connectivity index is 4.36. The van der Waals surface area contributed by atoms with Crippen molar-refractivity contribution in [3.63, 3.8) is 0 Å². The number of carbonyl (C=O) groups excluding carboxylic acids is 2. The lowest BCUT2D eigenvalue weighted by Gasteiger charge is -2.20. The van der Waals surface area contributed by atoms with Gasteiger partial charge in [-0.05, 0) is 83.5 Å². The Morgan fingerprint density at radius 3 is 1.37 bits per heavy atom. The molecule has 0 amide bonds. The Kier molecular flexibility index (Phi) is 41.6. The van der Waals surface area contributed by atoms with Gasteiger partial charge in [-0.1, -0.05) is 157 Å². The molecule has 0 fully saturated rings. The van der Waals surface area contributed by atoms with Crippen molar-refractivity contribution in [3.05, 3.63) is 72.9 Å². The summed E-state index contributed by atoms with van der Waals surface area (Å²) in [7, 11) is -4.64. The molecule has 0 rings (SSSR count). The second-order valence-electron chi connectivity index (χ2n) is 15.1. The Bertz CT molecular complexity index is 1210. The number of esters is 2. The van der Waals surface area contributed by atoms with Gasteiger partial charge in [-0.2, -0.15) is 0 Å². The Hall–Kier alpha value is -2.59. The smallest absolute Gasteiger partial charge is 0.462 e. The summed E-state index contributed by atoms with van der Waals surface area (Å²) in [6.07, 6.45) is 50.1. The van der Waals surface area contributed by atoms with Gasteiger partial charge < -0.3 is 24.6 Å². The predicted molar refractivity (Wildman–Crippen MR) is 242 cm³/mol. The van der Waals surface area contributed by atoms with Crippen LogP contribution in [0.3, 0.4) is 0 Å². The largest absolute Gasteiger partial charge is 0.472 e. The van der Waals surface area contributed by atoms with Crippen LogP contribution < -0.4 is 0 Å². The van der Waals surface area contributed by atoms with E-state index in [4.69, 9.17) is 19.1 Å². The average Bonchev–Trinajstić information content (AvgIpc) is 3.22. The van der Waals surface area contributed by atoms with E-state index < -0.39 is 51.8 Å². The first kappa shape index (κ1) is 56.4. The summed E-state index contributed by atoms with van der Waals surface area (Å²) in [6, 6.07) is 0. The van der Waals surface area contributed by atoms with Crippen molar-refractivity contribution in [1.29, 1.82) is 0 Å². The van der Waals surface area contributed by atoms with Gasteiger partial charge in [0.1, 0.15) is 12.7 Å². The first-order valence-electron chi connectivity index (χ1n) is 22.9. The molecule has 59 heavy (non-hydrogen) atoms. The zero-order chi connectivity index (χ0) is 43.3. The molecule has 0 bridgehead atoms. The Morgan fingerprint density at radius 2 is 0.898 bits per heavy atom. The highest BCUT2D eigenvalue weighted by Gasteiger charge is 2.27. The van der Waals surface area contributed by atoms with E-state index in [2.05, 4.69) is 79.1 Å². The number of ether oxygens (including phenoxy) is 2. The number of hydrogen-bond acceptors (Lipinski definition) is 9. The van der Waals surface area contributed by atoms with Crippen molar-refractivity contribution >= 4 is 19.8 Å². The SMILES string of the molecule is CCCCC/C=C/C/C=C/C/C=C/C/C=C/CCCC(=O)O[C@H](COC(=O)CCCCCCCCCCC/C=C/C/C=C/CCCCC)COP(=O)(O)OC[C@@H](O)CO. The molecule has 0 aliphatic carbocycles. The predicted octanol–water partition coefficient (Wildman–Crippen LogP) is 12.4. The first-order chi connectivity index (χ1) is 28.7. The molecule has 0 aromatic heterocycles. The number of hydrogen-bond donors (Lipinski definition) is 3. The van der Waals surface area contributed by atoms with E-state index in [0.717, 1.165) is 57.8 Å². The van der Waals surface area contributed by atoms with Crippen LogP contribution in [-0.4, -0.2) is 65.7 Å². The summed E-state index contributed by atoms with van der Waals surface area (Å²) >= 11 is 0. The lowest BCUT2D eigenvalue weighted by molar-refractivity contribution is -0.161. The quantitative estimate of drug-likeness (QED) is 0.0234. The van der Waals surface area contributed by atoms with Crippen molar-refractivity contribution in [2.45, 2.75) is 193 Å². The molecule has 0 aromatic carbocycles.